The Bertz CT molecular complexity index is 232. The number of aryl methyl sites for hydroxylation is 1. The van der Waals surface area contributed by atoms with Crippen LogP contribution in [-0.4, -0.2) is 11.2 Å². The Morgan fingerprint density at radius 2 is 2.42 bits per heavy atom. The molecular formula is C9H13BrOS. The molecule has 68 valence electrons. The third-order valence-corrected chi connectivity index (χ3v) is 3.70. The maximum atomic E-state index is 9.04. The van der Waals surface area contributed by atoms with Crippen LogP contribution in [0, 0.1) is 0 Å². The fourth-order valence-electron chi connectivity index (χ4n) is 1.06. The minimum Gasteiger partial charge on any atom is -0.393 e. The minimum absolute atomic E-state index is 0.163. The van der Waals surface area contributed by atoms with Crippen LogP contribution in [0.15, 0.2) is 15.9 Å². The van der Waals surface area contributed by atoms with Gasteiger partial charge in [0.05, 0.1) is 6.10 Å². The van der Waals surface area contributed by atoms with E-state index >= 15 is 0 Å². The normalized spacial score (nSPS) is 13.2. The van der Waals surface area contributed by atoms with Crippen LogP contribution in [0.1, 0.15) is 24.6 Å². The second-order valence-corrected chi connectivity index (χ2v) is 4.79. The standard InChI is InChI=1S/C9H13BrOS/c1-7(11)3-2-4-9-8(10)5-6-12-9/h5-7,11H,2-4H2,1H3. The number of thiophene rings is 1. The zero-order chi connectivity index (χ0) is 8.97. The van der Waals surface area contributed by atoms with Crippen molar-refractivity contribution in [3.05, 3.63) is 20.8 Å². The predicted molar refractivity (Wildman–Crippen MR) is 56.6 cm³/mol. The Labute approximate surface area is 85.6 Å². The third kappa shape index (κ3) is 3.25. The summed E-state index contributed by atoms with van der Waals surface area (Å²) < 4.78 is 1.21. The highest BCUT2D eigenvalue weighted by atomic mass is 79.9. The summed E-state index contributed by atoms with van der Waals surface area (Å²) in [5, 5.41) is 11.1. The number of aliphatic hydroxyl groups excluding tert-OH is 1. The number of hydrogen-bond donors (Lipinski definition) is 1. The highest BCUT2D eigenvalue weighted by Gasteiger charge is 2.01. The average molecular weight is 249 g/mol. The van der Waals surface area contributed by atoms with Crippen molar-refractivity contribution >= 4 is 27.3 Å². The maximum absolute atomic E-state index is 9.04. The van der Waals surface area contributed by atoms with Gasteiger partial charge in [-0.25, -0.2) is 0 Å². The summed E-state index contributed by atoms with van der Waals surface area (Å²) in [5.41, 5.74) is 0. The fourth-order valence-corrected chi connectivity index (χ4v) is 2.66. The Kier molecular flexibility index (Phi) is 4.26. The number of halogens is 1. The van der Waals surface area contributed by atoms with E-state index in [2.05, 4.69) is 27.4 Å². The van der Waals surface area contributed by atoms with Gasteiger partial charge in [-0.05, 0) is 53.6 Å². The molecule has 0 saturated heterocycles. The zero-order valence-corrected chi connectivity index (χ0v) is 9.49. The van der Waals surface area contributed by atoms with Crippen LogP contribution in [0.5, 0.6) is 0 Å². The van der Waals surface area contributed by atoms with Gasteiger partial charge in [0.25, 0.3) is 0 Å². The van der Waals surface area contributed by atoms with E-state index in [1.165, 1.54) is 9.35 Å². The SMILES string of the molecule is CC(O)CCCc1sccc1Br. The maximum Gasteiger partial charge on any atom is 0.0512 e. The number of hydrogen-bond acceptors (Lipinski definition) is 2. The van der Waals surface area contributed by atoms with E-state index < -0.39 is 0 Å². The topological polar surface area (TPSA) is 20.2 Å². The molecule has 1 N–H and O–H groups in total. The number of aliphatic hydroxyl groups is 1. The zero-order valence-electron chi connectivity index (χ0n) is 7.09. The molecule has 1 aromatic heterocycles. The molecule has 0 aliphatic heterocycles. The summed E-state index contributed by atoms with van der Waals surface area (Å²) >= 11 is 5.25. The van der Waals surface area contributed by atoms with Gasteiger partial charge in [-0.1, -0.05) is 0 Å². The van der Waals surface area contributed by atoms with E-state index in [-0.39, 0.29) is 6.10 Å². The molecule has 0 aliphatic carbocycles. The molecule has 1 aromatic rings. The smallest absolute Gasteiger partial charge is 0.0512 e. The summed E-state index contributed by atoms with van der Waals surface area (Å²) in [5.74, 6) is 0. The van der Waals surface area contributed by atoms with Gasteiger partial charge in [0, 0.05) is 9.35 Å². The van der Waals surface area contributed by atoms with E-state index in [4.69, 9.17) is 5.11 Å². The summed E-state index contributed by atoms with van der Waals surface area (Å²) in [7, 11) is 0. The molecule has 1 heterocycles. The van der Waals surface area contributed by atoms with E-state index in [0.717, 1.165) is 19.3 Å². The lowest BCUT2D eigenvalue weighted by molar-refractivity contribution is 0.182. The van der Waals surface area contributed by atoms with Crippen molar-refractivity contribution in [2.45, 2.75) is 32.3 Å². The van der Waals surface area contributed by atoms with Crippen LogP contribution in [0.4, 0.5) is 0 Å². The van der Waals surface area contributed by atoms with Crippen molar-refractivity contribution in [1.82, 2.24) is 0 Å². The molecule has 1 atom stereocenters. The first-order chi connectivity index (χ1) is 5.70. The van der Waals surface area contributed by atoms with Gasteiger partial charge < -0.3 is 5.11 Å². The van der Waals surface area contributed by atoms with Crippen molar-refractivity contribution in [2.24, 2.45) is 0 Å². The average Bonchev–Trinajstić information content (AvgIpc) is 2.36. The van der Waals surface area contributed by atoms with Crippen LogP contribution < -0.4 is 0 Å². The Balaban J connectivity index is 2.29. The van der Waals surface area contributed by atoms with Gasteiger partial charge in [0.2, 0.25) is 0 Å². The highest BCUT2D eigenvalue weighted by Crippen LogP contribution is 2.24. The lowest BCUT2D eigenvalue weighted by atomic mass is 10.1. The monoisotopic (exact) mass is 248 g/mol. The van der Waals surface area contributed by atoms with Gasteiger partial charge in [-0.2, -0.15) is 0 Å². The molecule has 0 fully saturated rings. The quantitative estimate of drug-likeness (QED) is 0.868. The van der Waals surface area contributed by atoms with Gasteiger partial charge in [-0.15, -0.1) is 11.3 Å². The first-order valence-corrected chi connectivity index (χ1v) is 5.77. The molecule has 0 saturated carbocycles. The molecule has 3 heteroatoms. The Morgan fingerprint density at radius 1 is 1.67 bits per heavy atom. The molecule has 0 amide bonds. The van der Waals surface area contributed by atoms with Crippen molar-refractivity contribution in [1.29, 1.82) is 0 Å². The van der Waals surface area contributed by atoms with E-state index in [1.54, 1.807) is 11.3 Å². The van der Waals surface area contributed by atoms with Crippen LogP contribution >= 0.6 is 27.3 Å². The van der Waals surface area contributed by atoms with Crippen LogP contribution in [0.3, 0.4) is 0 Å². The van der Waals surface area contributed by atoms with Gasteiger partial charge in [0.15, 0.2) is 0 Å². The van der Waals surface area contributed by atoms with Crippen LogP contribution in [-0.2, 0) is 6.42 Å². The van der Waals surface area contributed by atoms with Gasteiger partial charge in [0.1, 0.15) is 0 Å². The second-order valence-electron chi connectivity index (χ2n) is 2.93. The summed E-state index contributed by atoms with van der Waals surface area (Å²) in [6.45, 7) is 1.84. The van der Waals surface area contributed by atoms with Crippen molar-refractivity contribution in [3.8, 4) is 0 Å². The highest BCUT2D eigenvalue weighted by molar-refractivity contribution is 9.10. The summed E-state index contributed by atoms with van der Waals surface area (Å²) in [4.78, 5) is 1.38. The molecule has 1 unspecified atom stereocenters. The predicted octanol–water partition coefficient (Wildman–Crippen LogP) is 3.21. The van der Waals surface area contributed by atoms with Crippen molar-refractivity contribution in [2.75, 3.05) is 0 Å². The number of rotatable bonds is 4. The second kappa shape index (κ2) is 5.00. The largest absolute Gasteiger partial charge is 0.393 e. The molecule has 0 aromatic carbocycles. The van der Waals surface area contributed by atoms with E-state index in [9.17, 15) is 0 Å². The molecular weight excluding hydrogens is 236 g/mol. The molecule has 1 nitrogen and oxygen atoms in total. The van der Waals surface area contributed by atoms with E-state index in [1.807, 2.05) is 6.92 Å². The van der Waals surface area contributed by atoms with Crippen molar-refractivity contribution < 1.29 is 5.11 Å². The molecule has 0 spiro atoms. The van der Waals surface area contributed by atoms with Crippen LogP contribution in [0.2, 0.25) is 0 Å². The first kappa shape index (κ1) is 10.2. The Morgan fingerprint density at radius 3 is 2.92 bits per heavy atom. The molecule has 12 heavy (non-hydrogen) atoms. The van der Waals surface area contributed by atoms with Crippen molar-refractivity contribution in [3.63, 3.8) is 0 Å². The Hall–Kier alpha value is 0.140. The molecule has 1 rings (SSSR count). The molecule has 0 radical (unpaired) electrons. The van der Waals surface area contributed by atoms with Gasteiger partial charge >= 0.3 is 0 Å². The first-order valence-electron chi connectivity index (χ1n) is 4.10. The lowest BCUT2D eigenvalue weighted by Gasteiger charge is -2.02. The molecule has 0 bridgehead atoms. The summed E-state index contributed by atoms with van der Waals surface area (Å²) in [6, 6.07) is 2.07. The third-order valence-electron chi connectivity index (χ3n) is 1.72. The van der Waals surface area contributed by atoms with Crippen LogP contribution in [0.25, 0.3) is 0 Å². The fraction of sp³-hybridized carbons (Fsp3) is 0.556. The van der Waals surface area contributed by atoms with Gasteiger partial charge in [-0.3, -0.25) is 0 Å². The molecule has 0 aliphatic rings. The van der Waals surface area contributed by atoms with E-state index in [0.29, 0.717) is 0 Å². The summed E-state index contributed by atoms with van der Waals surface area (Å²) in [6.07, 6.45) is 2.87. The lowest BCUT2D eigenvalue weighted by Crippen LogP contribution is -1.99. The minimum atomic E-state index is -0.163.